The van der Waals surface area contributed by atoms with Crippen molar-refractivity contribution in [1.29, 1.82) is 5.26 Å². The average molecular weight is 219 g/mol. The molecule has 0 saturated carbocycles. The Labute approximate surface area is 97.9 Å². The van der Waals surface area contributed by atoms with Crippen LogP contribution in [0.2, 0.25) is 0 Å². The van der Waals surface area contributed by atoms with Gasteiger partial charge in [0.2, 0.25) is 0 Å². The standard InChI is InChI=1S/C13H21N3/c1-9(2)5-13-12(15)6-11(7-14)16(13)8-10(3)4/h6,9-10H,5,8,15H2,1-4H3. The Balaban J connectivity index is 3.13. The Morgan fingerprint density at radius 2 is 1.94 bits per heavy atom. The van der Waals surface area contributed by atoms with Crippen LogP contribution < -0.4 is 5.73 Å². The molecular weight excluding hydrogens is 198 g/mol. The second-order valence-corrected chi connectivity index (χ2v) is 5.15. The van der Waals surface area contributed by atoms with E-state index in [1.807, 2.05) is 0 Å². The first kappa shape index (κ1) is 12.6. The first-order chi connectivity index (χ1) is 7.45. The van der Waals surface area contributed by atoms with Gasteiger partial charge in [0.25, 0.3) is 0 Å². The van der Waals surface area contributed by atoms with Crippen LogP contribution in [0.15, 0.2) is 6.07 Å². The van der Waals surface area contributed by atoms with E-state index in [-0.39, 0.29) is 0 Å². The predicted octanol–water partition coefficient (Wildman–Crippen LogP) is 2.80. The number of aromatic nitrogens is 1. The highest BCUT2D eigenvalue weighted by Crippen LogP contribution is 2.22. The molecule has 0 saturated heterocycles. The Hall–Kier alpha value is -1.43. The van der Waals surface area contributed by atoms with Crippen LogP contribution >= 0.6 is 0 Å². The fraction of sp³-hybridized carbons (Fsp3) is 0.615. The maximum atomic E-state index is 9.08. The highest BCUT2D eigenvalue weighted by Gasteiger charge is 2.14. The second kappa shape index (κ2) is 5.07. The highest BCUT2D eigenvalue weighted by molar-refractivity contribution is 5.50. The Kier molecular flexibility index (Phi) is 4.00. The van der Waals surface area contributed by atoms with Gasteiger partial charge in [-0.05, 0) is 24.3 Å². The summed E-state index contributed by atoms with van der Waals surface area (Å²) in [6, 6.07) is 4.01. The molecular formula is C13H21N3. The van der Waals surface area contributed by atoms with Crippen LogP contribution in [0.5, 0.6) is 0 Å². The molecule has 0 amide bonds. The molecule has 0 bridgehead atoms. The van der Waals surface area contributed by atoms with E-state index >= 15 is 0 Å². The van der Waals surface area contributed by atoms with Gasteiger partial charge in [-0.3, -0.25) is 0 Å². The van der Waals surface area contributed by atoms with Crippen molar-refractivity contribution in [2.24, 2.45) is 11.8 Å². The molecule has 1 aromatic rings. The van der Waals surface area contributed by atoms with Crippen LogP contribution in [-0.2, 0) is 13.0 Å². The zero-order valence-corrected chi connectivity index (χ0v) is 10.6. The average Bonchev–Trinajstić information content (AvgIpc) is 2.44. The van der Waals surface area contributed by atoms with Crippen LogP contribution in [0.3, 0.4) is 0 Å². The number of anilines is 1. The molecule has 0 unspecified atom stereocenters. The Bertz CT molecular complexity index is 394. The summed E-state index contributed by atoms with van der Waals surface area (Å²) in [6.07, 6.45) is 0.931. The van der Waals surface area contributed by atoms with Crippen LogP contribution in [-0.4, -0.2) is 4.57 Å². The van der Waals surface area contributed by atoms with Gasteiger partial charge < -0.3 is 10.3 Å². The van der Waals surface area contributed by atoms with E-state index in [4.69, 9.17) is 11.0 Å². The van der Waals surface area contributed by atoms with E-state index in [0.29, 0.717) is 17.5 Å². The molecule has 2 N–H and O–H groups in total. The molecule has 0 aliphatic carbocycles. The maximum absolute atomic E-state index is 9.08. The van der Waals surface area contributed by atoms with Crippen LogP contribution in [0, 0.1) is 23.2 Å². The minimum atomic E-state index is 0.518. The smallest absolute Gasteiger partial charge is 0.122 e. The molecule has 0 spiro atoms. The summed E-state index contributed by atoms with van der Waals surface area (Å²) < 4.78 is 2.07. The van der Waals surface area contributed by atoms with Gasteiger partial charge in [-0.1, -0.05) is 27.7 Å². The lowest BCUT2D eigenvalue weighted by Crippen LogP contribution is -2.12. The Morgan fingerprint density at radius 3 is 2.38 bits per heavy atom. The minimum Gasteiger partial charge on any atom is -0.397 e. The third-order valence-corrected chi connectivity index (χ3v) is 2.51. The van der Waals surface area contributed by atoms with E-state index in [1.165, 1.54) is 0 Å². The number of nitriles is 1. The number of nitrogen functional groups attached to an aromatic ring is 1. The summed E-state index contributed by atoms with van der Waals surface area (Å²) in [5.74, 6) is 1.07. The van der Waals surface area contributed by atoms with Gasteiger partial charge in [0.05, 0.1) is 5.69 Å². The van der Waals surface area contributed by atoms with E-state index in [0.717, 1.165) is 24.3 Å². The SMILES string of the molecule is CC(C)Cc1c(N)cc(C#N)n1CC(C)C. The van der Waals surface area contributed by atoms with Crippen molar-refractivity contribution >= 4 is 5.69 Å². The summed E-state index contributed by atoms with van der Waals surface area (Å²) in [5.41, 5.74) is 8.52. The first-order valence-electron chi connectivity index (χ1n) is 5.83. The molecule has 0 fully saturated rings. The molecule has 0 aliphatic heterocycles. The number of hydrogen-bond donors (Lipinski definition) is 1. The molecule has 1 aromatic heterocycles. The maximum Gasteiger partial charge on any atom is 0.122 e. The summed E-state index contributed by atoms with van der Waals surface area (Å²) in [7, 11) is 0. The molecule has 1 heterocycles. The molecule has 0 radical (unpaired) electrons. The van der Waals surface area contributed by atoms with Crippen LogP contribution in [0.1, 0.15) is 39.1 Å². The molecule has 3 nitrogen and oxygen atoms in total. The topological polar surface area (TPSA) is 54.7 Å². The molecule has 0 atom stereocenters. The molecule has 88 valence electrons. The molecule has 1 rings (SSSR count). The monoisotopic (exact) mass is 219 g/mol. The zero-order chi connectivity index (χ0) is 12.3. The summed E-state index contributed by atoms with van der Waals surface area (Å²) in [6.45, 7) is 9.49. The summed E-state index contributed by atoms with van der Waals surface area (Å²) in [4.78, 5) is 0. The quantitative estimate of drug-likeness (QED) is 0.846. The molecule has 0 aromatic carbocycles. The lowest BCUT2D eigenvalue weighted by atomic mass is 10.1. The van der Waals surface area contributed by atoms with Gasteiger partial charge in [-0.15, -0.1) is 0 Å². The van der Waals surface area contributed by atoms with Gasteiger partial charge in [-0.2, -0.15) is 5.26 Å². The Morgan fingerprint density at radius 1 is 1.31 bits per heavy atom. The van der Waals surface area contributed by atoms with E-state index in [9.17, 15) is 0 Å². The van der Waals surface area contributed by atoms with E-state index in [1.54, 1.807) is 6.07 Å². The predicted molar refractivity (Wildman–Crippen MR) is 66.9 cm³/mol. The number of nitrogens with zero attached hydrogens (tertiary/aromatic N) is 2. The number of rotatable bonds is 4. The van der Waals surface area contributed by atoms with E-state index < -0.39 is 0 Å². The van der Waals surface area contributed by atoms with Crippen LogP contribution in [0.25, 0.3) is 0 Å². The van der Waals surface area contributed by atoms with Crippen molar-refractivity contribution in [2.75, 3.05) is 5.73 Å². The van der Waals surface area contributed by atoms with Crippen molar-refractivity contribution in [2.45, 2.75) is 40.7 Å². The highest BCUT2D eigenvalue weighted by atomic mass is 15.0. The summed E-state index contributed by atoms with van der Waals surface area (Å²) in [5, 5.41) is 9.08. The number of nitrogens with two attached hydrogens (primary N) is 1. The van der Waals surface area contributed by atoms with Crippen molar-refractivity contribution in [1.82, 2.24) is 4.57 Å². The van der Waals surface area contributed by atoms with E-state index in [2.05, 4.69) is 38.3 Å². The first-order valence-corrected chi connectivity index (χ1v) is 5.83. The minimum absolute atomic E-state index is 0.518. The van der Waals surface area contributed by atoms with Gasteiger partial charge >= 0.3 is 0 Å². The molecule has 0 aliphatic rings. The van der Waals surface area contributed by atoms with Gasteiger partial charge in [0.1, 0.15) is 11.8 Å². The lowest BCUT2D eigenvalue weighted by molar-refractivity contribution is 0.494. The zero-order valence-electron chi connectivity index (χ0n) is 10.6. The normalized spacial score (nSPS) is 11.1. The third-order valence-electron chi connectivity index (χ3n) is 2.51. The largest absolute Gasteiger partial charge is 0.397 e. The van der Waals surface area contributed by atoms with Crippen molar-refractivity contribution in [3.63, 3.8) is 0 Å². The van der Waals surface area contributed by atoms with Gasteiger partial charge in [-0.25, -0.2) is 0 Å². The van der Waals surface area contributed by atoms with Gasteiger partial charge in [0, 0.05) is 12.2 Å². The fourth-order valence-electron chi connectivity index (χ4n) is 1.89. The van der Waals surface area contributed by atoms with Crippen molar-refractivity contribution in [3.05, 3.63) is 17.5 Å². The second-order valence-electron chi connectivity index (χ2n) is 5.15. The summed E-state index contributed by atoms with van der Waals surface area (Å²) >= 11 is 0. The third kappa shape index (κ3) is 2.79. The molecule has 16 heavy (non-hydrogen) atoms. The lowest BCUT2D eigenvalue weighted by Gasteiger charge is -2.15. The number of hydrogen-bond acceptors (Lipinski definition) is 2. The fourth-order valence-corrected chi connectivity index (χ4v) is 1.89. The van der Waals surface area contributed by atoms with Crippen LogP contribution in [0.4, 0.5) is 5.69 Å². The molecule has 3 heteroatoms. The van der Waals surface area contributed by atoms with Gasteiger partial charge in [0.15, 0.2) is 0 Å². The van der Waals surface area contributed by atoms with Crippen molar-refractivity contribution < 1.29 is 0 Å². The van der Waals surface area contributed by atoms with Crippen molar-refractivity contribution in [3.8, 4) is 6.07 Å².